The highest BCUT2D eigenvalue weighted by atomic mass is 16.6. The van der Waals surface area contributed by atoms with Gasteiger partial charge in [-0.05, 0) is 44.0 Å². The molecular formula is C22H26N2O5. The number of amides is 2. The SMILES string of the molecule is CCN(CC(=O)Nc1ccc2c(c1)OCCO2)C(=O)COc1c(C)cccc1C. The number of hydrogen-bond donors (Lipinski definition) is 1. The number of para-hydroxylation sites is 1. The van der Waals surface area contributed by atoms with Gasteiger partial charge in [-0.15, -0.1) is 0 Å². The number of likely N-dealkylation sites (N-methyl/N-ethyl adjacent to an activating group) is 1. The molecule has 0 saturated carbocycles. The number of carbonyl (C=O) groups is 2. The molecule has 0 spiro atoms. The smallest absolute Gasteiger partial charge is 0.260 e. The first-order valence-electron chi connectivity index (χ1n) is 9.64. The molecular weight excluding hydrogens is 372 g/mol. The van der Waals surface area contributed by atoms with Gasteiger partial charge >= 0.3 is 0 Å². The molecule has 1 heterocycles. The number of anilines is 1. The van der Waals surface area contributed by atoms with Crippen LogP contribution in [0.25, 0.3) is 0 Å². The summed E-state index contributed by atoms with van der Waals surface area (Å²) in [6.07, 6.45) is 0. The Hall–Kier alpha value is -3.22. The highest BCUT2D eigenvalue weighted by molar-refractivity contribution is 5.95. The van der Waals surface area contributed by atoms with E-state index in [4.69, 9.17) is 14.2 Å². The lowest BCUT2D eigenvalue weighted by atomic mass is 10.1. The second-order valence-electron chi connectivity index (χ2n) is 6.82. The Labute approximate surface area is 170 Å². The molecule has 0 saturated heterocycles. The minimum absolute atomic E-state index is 0.0557. The molecule has 1 N–H and O–H groups in total. The lowest BCUT2D eigenvalue weighted by Crippen LogP contribution is -2.40. The molecule has 154 valence electrons. The van der Waals surface area contributed by atoms with Crippen molar-refractivity contribution in [1.82, 2.24) is 4.90 Å². The zero-order valence-electron chi connectivity index (χ0n) is 17.0. The van der Waals surface area contributed by atoms with E-state index in [2.05, 4.69) is 5.32 Å². The number of carbonyl (C=O) groups excluding carboxylic acids is 2. The summed E-state index contributed by atoms with van der Waals surface area (Å²) in [5, 5.41) is 2.79. The molecule has 2 aromatic rings. The van der Waals surface area contributed by atoms with Gasteiger partial charge in [0.1, 0.15) is 19.0 Å². The van der Waals surface area contributed by atoms with E-state index in [1.807, 2.05) is 39.0 Å². The van der Waals surface area contributed by atoms with Crippen LogP contribution in [0.15, 0.2) is 36.4 Å². The standard InChI is InChI=1S/C22H26N2O5/c1-4-24(21(26)14-29-22-15(2)6-5-7-16(22)3)13-20(25)23-17-8-9-18-19(12-17)28-11-10-27-18/h5-9,12H,4,10-11,13-14H2,1-3H3,(H,23,25). The Morgan fingerprint density at radius 1 is 1.07 bits per heavy atom. The first-order chi connectivity index (χ1) is 14.0. The molecule has 3 rings (SSSR count). The van der Waals surface area contributed by atoms with Gasteiger partial charge in [0.05, 0.1) is 6.54 Å². The highest BCUT2D eigenvalue weighted by Crippen LogP contribution is 2.32. The van der Waals surface area contributed by atoms with Crippen LogP contribution in [-0.4, -0.2) is 49.6 Å². The minimum atomic E-state index is -0.288. The molecule has 0 radical (unpaired) electrons. The third-order valence-electron chi connectivity index (χ3n) is 4.64. The number of nitrogens with one attached hydrogen (secondary N) is 1. The molecule has 2 aromatic carbocycles. The van der Waals surface area contributed by atoms with Gasteiger partial charge in [0, 0.05) is 18.3 Å². The molecule has 2 amide bonds. The summed E-state index contributed by atoms with van der Waals surface area (Å²) in [6, 6.07) is 11.0. The third-order valence-corrected chi connectivity index (χ3v) is 4.64. The van der Waals surface area contributed by atoms with Gasteiger partial charge in [0.15, 0.2) is 18.1 Å². The van der Waals surface area contributed by atoms with E-state index >= 15 is 0 Å². The van der Waals surface area contributed by atoms with Crippen LogP contribution in [0.5, 0.6) is 17.2 Å². The van der Waals surface area contributed by atoms with E-state index < -0.39 is 0 Å². The van der Waals surface area contributed by atoms with Gasteiger partial charge in [-0.2, -0.15) is 0 Å². The van der Waals surface area contributed by atoms with Crippen molar-refractivity contribution in [1.29, 1.82) is 0 Å². The molecule has 7 nitrogen and oxygen atoms in total. The van der Waals surface area contributed by atoms with E-state index in [0.717, 1.165) is 11.1 Å². The molecule has 0 aliphatic carbocycles. The van der Waals surface area contributed by atoms with E-state index in [-0.39, 0.29) is 25.0 Å². The molecule has 0 atom stereocenters. The van der Waals surface area contributed by atoms with Crippen LogP contribution in [-0.2, 0) is 9.59 Å². The second kappa shape index (κ2) is 9.32. The van der Waals surface area contributed by atoms with Crippen LogP contribution in [0.1, 0.15) is 18.1 Å². The minimum Gasteiger partial charge on any atom is -0.486 e. The fourth-order valence-electron chi connectivity index (χ4n) is 3.12. The Bertz CT molecular complexity index is 877. The van der Waals surface area contributed by atoms with Gasteiger partial charge in [-0.1, -0.05) is 18.2 Å². The van der Waals surface area contributed by atoms with Crippen LogP contribution in [0.3, 0.4) is 0 Å². The summed E-state index contributed by atoms with van der Waals surface area (Å²) < 4.78 is 16.7. The third kappa shape index (κ3) is 5.19. The van der Waals surface area contributed by atoms with Gasteiger partial charge in [-0.3, -0.25) is 9.59 Å². The summed E-state index contributed by atoms with van der Waals surface area (Å²) in [5.74, 6) is 1.43. The van der Waals surface area contributed by atoms with Gasteiger partial charge < -0.3 is 24.4 Å². The predicted molar refractivity (Wildman–Crippen MR) is 110 cm³/mol. The summed E-state index contributed by atoms with van der Waals surface area (Å²) in [7, 11) is 0. The Kier molecular flexibility index (Phi) is 6.59. The lowest BCUT2D eigenvalue weighted by molar-refractivity contribution is -0.136. The zero-order chi connectivity index (χ0) is 20.8. The second-order valence-corrected chi connectivity index (χ2v) is 6.82. The highest BCUT2D eigenvalue weighted by Gasteiger charge is 2.18. The van der Waals surface area contributed by atoms with Crippen molar-refractivity contribution >= 4 is 17.5 Å². The summed E-state index contributed by atoms with van der Waals surface area (Å²) >= 11 is 0. The van der Waals surface area contributed by atoms with Crippen molar-refractivity contribution in [2.75, 3.05) is 38.2 Å². The summed E-state index contributed by atoms with van der Waals surface area (Å²) in [4.78, 5) is 26.4. The van der Waals surface area contributed by atoms with E-state index in [9.17, 15) is 9.59 Å². The van der Waals surface area contributed by atoms with Crippen molar-refractivity contribution < 1.29 is 23.8 Å². The van der Waals surface area contributed by atoms with Crippen molar-refractivity contribution in [3.63, 3.8) is 0 Å². The van der Waals surface area contributed by atoms with E-state index in [1.54, 1.807) is 18.2 Å². The average Bonchev–Trinajstić information content (AvgIpc) is 2.71. The normalized spacial score (nSPS) is 12.2. The molecule has 1 aliphatic heterocycles. The van der Waals surface area contributed by atoms with Crippen LogP contribution >= 0.6 is 0 Å². The molecule has 29 heavy (non-hydrogen) atoms. The average molecular weight is 398 g/mol. The van der Waals surface area contributed by atoms with E-state index in [0.29, 0.717) is 42.7 Å². The molecule has 7 heteroatoms. The monoisotopic (exact) mass is 398 g/mol. The van der Waals surface area contributed by atoms with Gasteiger partial charge in [0.25, 0.3) is 5.91 Å². The molecule has 0 aromatic heterocycles. The first-order valence-corrected chi connectivity index (χ1v) is 9.64. The number of benzene rings is 2. The zero-order valence-corrected chi connectivity index (χ0v) is 17.0. The number of hydrogen-bond acceptors (Lipinski definition) is 5. The maximum Gasteiger partial charge on any atom is 0.260 e. The fourth-order valence-corrected chi connectivity index (χ4v) is 3.12. The maximum atomic E-state index is 12.5. The quantitative estimate of drug-likeness (QED) is 0.776. The van der Waals surface area contributed by atoms with Crippen LogP contribution in [0.2, 0.25) is 0 Å². The summed E-state index contributed by atoms with van der Waals surface area (Å²) in [6.45, 7) is 6.92. The summed E-state index contributed by atoms with van der Waals surface area (Å²) in [5.41, 5.74) is 2.53. The number of fused-ring (bicyclic) bond motifs is 1. The van der Waals surface area contributed by atoms with Crippen molar-refractivity contribution in [3.8, 4) is 17.2 Å². The van der Waals surface area contributed by atoms with Crippen LogP contribution in [0.4, 0.5) is 5.69 Å². The van der Waals surface area contributed by atoms with Crippen molar-refractivity contribution in [3.05, 3.63) is 47.5 Å². The Balaban J connectivity index is 1.56. The van der Waals surface area contributed by atoms with Crippen LogP contribution < -0.4 is 19.5 Å². The van der Waals surface area contributed by atoms with E-state index in [1.165, 1.54) is 4.90 Å². The Morgan fingerprint density at radius 2 is 1.76 bits per heavy atom. The number of aryl methyl sites for hydroxylation is 2. The van der Waals surface area contributed by atoms with Gasteiger partial charge in [0.2, 0.25) is 5.91 Å². The first kappa shape index (κ1) is 20.5. The number of ether oxygens (including phenoxy) is 3. The van der Waals surface area contributed by atoms with Gasteiger partial charge in [-0.25, -0.2) is 0 Å². The fraction of sp³-hybridized carbons (Fsp3) is 0.364. The molecule has 0 unspecified atom stereocenters. The lowest BCUT2D eigenvalue weighted by Gasteiger charge is -2.22. The van der Waals surface area contributed by atoms with Crippen molar-refractivity contribution in [2.24, 2.45) is 0 Å². The largest absolute Gasteiger partial charge is 0.486 e. The predicted octanol–water partition coefficient (Wildman–Crippen LogP) is 2.94. The van der Waals surface area contributed by atoms with Crippen LogP contribution in [0, 0.1) is 13.8 Å². The van der Waals surface area contributed by atoms with Crippen molar-refractivity contribution in [2.45, 2.75) is 20.8 Å². The maximum absolute atomic E-state index is 12.5. The molecule has 0 bridgehead atoms. The number of rotatable bonds is 7. The molecule has 1 aliphatic rings. The topological polar surface area (TPSA) is 77.1 Å². The molecule has 0 fully saturated rings. The number of nitrogens with zero attached hydrogens (tertiary/aromatic N) is 1. The Morgan fingerprint density at radius 3 is 2.45 bits per heavy atom.